The summed E-state index contributed by atoms with van der Waals surface area (Å²) in [5.74, 6) is -0.945. The smallest absolute Gasteiger partial charge is 0.416 e. The summed E-state index contributed by atoms with van der Waals surface area (Å²) in [5.41, 5.74) is 0.541. The highest BCUT2D eigenvalue weighted by molar-refractivity contribution is 7.10. The first-order chi connectivity index (χ1) is 19.1. The number of alkyl halides is 3. The van der Waals surface area contributed by atoms with Crippen molar-refractivity contribution in [1.82, 2.24) is 4.90 Å². The van der Waals surface area contributed by atoms with Crippen LogP contribution in [0.15, 0.2) is 52.8 Å². The minimum absolute atomic E-state index is 0.0760. The lowest BCUT2D eigenvalue weighted by Crippen LogP contribution is -2.55. The molecule has 5 rings (SSSR count). The zero-order valence-corrected chi connectivity index (χ0v) is 22.4. The summed E-state index contributed by atoms with van der Waals surface area (Å²) in [6, 6.07) is 8.72. The van der Waals surface area contributed by atoms with Crippen LogP contribution in [0.3, 0.4) is 0 Å². The number of carboxylic acids is 1. The molecule has 2 aliphatic heterocycles. The SMILES string of the molecule is COc1cc(N2CCN(C3=Nc4ccsc4C(CC(=O)O)N3c3cc(C(F)(F)F)ccc3OC)CC2)ccc1F. The molecule has 13 heteroatoms. The second-order valence-electron chi connectivity index (χ2n) is 9.24. The molecular formula is C27H26F4N4O4S. The highest BCUT2D eigenvalue weighted by Crippen LogP contribution is 2.47. The number of hydrogen-bond acceptors (Lipinski definition) is 8. The van der Waals surface area contributed by atoms with E-state index >= 15 is 0 Å². The third-order valence-corrected chi connectivity index (χ3v) is 7.93. The largest absolute Gasteiger partial charge is 0.495 e. The summed E-state index contributed by atoms with van der Waals surface area (Å²) >= 11 is 1.30. The summed E-state index contributed by atoms with van der Waals surface area (Å²) < 4.78 is 65.8. The number of nitrogens with zero attached hydrogens (tertiary/aromatic N) is 4. The van der Waals surface area contributed by atoms with Crippen LogP contribution in [-0.4, -0.2) is 62.3 Å². The summed E-state index contributed by atoms with van der Waals surface area (Å²) in [6.45, 7) is 1.86. The first kappa shape index (κ1) is 27.6. The molecule has 2 aromatic carbocycles. The fourth-order valence-electron chi connectivity index (χ4n) is 4.99. The lowest BCUT2D eigenvalue weighted by molar-refractivity contribution is -0.138. The summed E-state index contributed by atoms with van der Waals surface area (Å²) in [5, 5.41) is 11.6. The van der Waals surface area contributed by atoms with Crippen LogP contribution in [0, 0.1) is 5.82 Å². The lowest BCUT2D eigenvalue weighted by atomic mass is 10.0. The lowest BCUT2D eigenvalue weighted by Gasteiger charge is -2.44. The number of rotatable bonds is 6. The zero-order valence-electron chi connectivity index (χ0n) is 21.6. The number of benzene rings is 2. The van der Waals surface area contributed by atoms with E-state index in [4.69, 9.17) is 14.5 Å². The van der Waals surface area contributed by atoms with Crippen molar-refractivity contribution in [3.05, 3.63) is 64.1 Å². The first-order valence-corrected chi connectivity index (χ1v) is 13.2. The molecule has 1 unspecified atom stereocenters. The second-order valence-corrected chi connectivity index (χ2v) is 10.2. The minimum Gasteiger partial charge on any atom is -0.495 e. The second kappa shape index (κ2) is 10.9. The number of hydrogen-bond donors (Lipinski definition) is 1. The van der Waals surface area contributed by atoms with E-state index in [1.807, 2.05) is 9.80 Å². The number of fused-ring (bicyclic) bond motifs is 1. The molecule has 0 amide bonds. The van der Waals surface area contributed by atoms with Crippen LogP contribution < -0.4 is 19.3 Å². The Morgan fingerprint density at radius 3 is 2.38 bits per heavy atom. The van der Waals surface area contributed by atoms with Crippen LogP contribution in [0.2, 0.25) is 0 Å². The number of methoxy groups -OCH3 is 2. The van der Waals surface area contributed by atoms with Gasteiger partial charge in [-0.25, -0.2) is 9.38 Å². The Bertz CT molecular complexity index is 1440. The van der Waals surface area contributed by atoms with Crippen LogP contribution in [0.4, 0.5) is 34.6 Å². The van der Waals surface area contributed by atoms with Gasteiger partial charge in [0.25, 0.3) is 0 Å². The molecule has 40 heavy (non-hydrogen) atoms. The standard InChI is InChI=1S/C27H26F4N4O4S/c1-38-22-6-3-16(27(29,30)31)13-20(22)35-21(15-24(36)37)25-19(7-12-40-25)32-26(35)34-10-8-33(9-11-34)17-4-5-18(28)23(14-17)39-2/h3-7,12-14,21H,8-11,15H2,1-2H3,(H,36,37). The van der Waals surface area contributed by atoms with Crippen LogP contribution >= 0.6 is 11.3 Å². The third-order valence-electron chi connectivity index (χ3n) is 6.92. The molecule has 2 aliphatic rings. The van der Waals surface area contributed by atoms with Crippen molar-refractivity contribution in [2.75, 3.05) is 50.2 Å². The van der Waals surface area contributed by atoms with E-state index in [0.29, 0.717) is 42.7 Å². The van der Waals surface area contributed by atoms with Crippen molar-refractivity contribution in [1.29, 1.82) is 0 Å². The molecule has 212 valence electrons. The van der Waals surface area contributed by atoms with Crippen LogP contribution in [0.5, 0.6) is 11.5 Å². The van der Waals surface area contributed by atoms with Gasteiger partial charge >= 0.3 is 12.1 Å². The Kier molecular flexibility index (Phi) is 7.49. The van der Waals surface area contributed by atoms with Crippen LogP contribution in [0.25, 0.3) is 0 Å². The summed E-state index contributed by atoms with van der Waals surface area (Å²) in [4.78, 5) is 23.0. The Labute approximate surface area is 231 Å². The number of aliphatic carboxylic acids is 1. The van der Waals surface area contributed by atoms with Gasteiger partial charge in [0.1, 0.15) is 5.75 Å². The van der Waals surface area contributed by atoms with Gasteiger partial charge in [-0.1, -0.05) is 0 Å². The van der Waals surface area contributed by atoms with Crippen molar-refractivity contribution in [2.45, 2.75) is 18.6 Å². The minimum atomic E-state index is -4.62. The molecule has 0 spiro atoms. The highest BCUT2D eigenvalue weighted by atomic mass is 32.1. The van der Waals surface area contributed by atoms with Gasteiger partial charge in [0.05, 0.1) is 48.5 Å². The number of carbonyl (C=O) groups is 1. The van der Waals surface area contributed by atoms with Gasteiger partial charge in [0.15, 0.2) is 11.6 Å². The van der Waals surface area contributed by atoms with Gasteiger partial charge in [-0.15, -0.1) is 11.3 Å². The average molecular weight is 579 g/mol. The van der Waals surface area contributed by atoms with Gasteiger partial charge in [-0.2, -0.15) is 13.2 Å². The fourth-order valence-corrected chi connectivity index (χ4v) is 5.91. The van der Waals surface area contributed by atoms with Crippen LogP contribution in [-0.2, 0) is 11.0 Å². The van der Waals surface area contributed by atoms with Gasteiger partial charge in [0, 0.05) is 37.9 Å². The van der Waals surface area contributed by atoms with E-state index in [9.17, 15) is 27.5 Å². The topological polar surface area (TPSA) is 77.8 Å². The maximum Gasteiger partial charge on any atom is 0.416 e. The van der Waals surface area contributed by atoms with Gasteiger partial charge in [-0.3, -0.25) is 9.69 Å². The quantitative estimate of drug-likeness (QED) is 0.372. The monoisotopic (exact) mass is 578 g/mol. The molecule has 1 N–H and O–H groups in total. The van der Waals surface area contributed by atoms with E-state index in [1.165, 1.54) is 37.7 Å². The first-order valence-electron chi connectivity index (χ1n) is 12.4. The van der Waals surface area contributed by atoms with Crippen molar-refractivity contribution < 1.29 is 36.9 Å². The predicted molar refractivity (Wildman–Crippen MR) is 144 cm³/mol. The number of aliphatic imine (C=N–C) groups is 1. The molecule has 3 heterocycles. The molecule has 0 radical (unpaired) electrons. The number of carboxylic acid groups (broad SMARTS) is 1. The highest BCUT2D eigenvalue weighted by Gasteiger charge is 2.40. The third kappa shape index (κ3) is 5.25. The van der Waals surface area contributed by atoms with E-state index in [2.05, 4.69) is 0 Å². The molecule has 0 aliphatic carbocycles. The Hall–Kier alpha value is -4.00. The van der Waals surface area contributed by atoms with E-state index < -0.39 is 29.6 Å². The fraction of sp³-hybridized carbons (Fsp3) is 0.333. The average Bonchev–Trinajstić information content (AvgIpc) is 3.41. The maximum atomic E-state index is 13.9. The molecule has 0 bridgehead atoms. The molecule has 1 saturated heterocycles. The van der Waals surface area contributed by atoms with E-state index in [1.54, 1.807) is 28.5 Å². The summed E-state index contributed by atoms with van der Waals surface area (Å²) in [6.07, 6.45) is -4.98. The molecule has 1 fully saturated rings. The van der Waals surface area contributed by atoms with Crippen LogP contribution in [0.1, 0.15) is 22.9 Å². The Morgan fingerprint density at radius 2 is 1.73 bits per heavy atom. The number of anilines is 2. The summed E-state index contributed by atoms with van der Waals surface area (Å²) in [7, 11) is 2.75. The molecule has 8 nitrogen and oxygen atoms in total. The molecular weight excluding hydrogens is 552 g/mol. The van der Waals surface area contributed by atoms with Gasteiger partial charge in [-0.05, 0) is 41.8 Å². The zero-order chi connectivity index (χ0) is 28.6. The number of halogens is 4. The molecule has 0 saturated carbocycles. The van der Waals surface area contributed by atoms with Gasteiger partial charge in [0.2, 0.25) is 5.96 Å². The van der Waals surface area contributed by atoms with Gasteiger partial charge < -0.3 is 24.4 Å². The Morgan fingerprint density at radius 1 is 1.02 bits per heavy atom. The predicted octanol–water partition coefficient (Wildman–Crippen LogP) is 5.77. The van der Waals surface area contributed by atoms with Crippen molar-refractivity contribution in [3.8, 4) is 11.5 Å². The Balaban J connectivity index is 1.54. The van der Waals surface area contributed by atoms with Crippen molar-refractivity contribution >= 4 is 40.3 Å². The van der Waals surface area contributed by atoms with Crippen molar-refractivity contribution in [3.63, 3.8) is 0 Å². The maximum absolute atomic E-state index is 13.9. The van der Waals surface area contributed by atoms with E-state index in [-0.39, 0.29) is 23.6 Å². The molecule has 3 aromatic rings. The number of thiophene rings is 1. The molecule has 1 atom stereocenters. The molecule has 1 aromatic heterocycles. The number of piperazine rings is 1. The number of ether oxygens (including phenoxy) is 2. The van der Waals surface area contributed by atoms with E-state index in [0.717, 1.165) is 17.8 Å². The van der Waals surface area contributed by atoms with Crippen molar-refractivity contribution in [2.24, 2.45) is 4.99 Å². The number of guanidine groups is 1. The normalized spacial score (nSPS) is 17.4.